The smallest absolute Gasteiger partial charge is 0.300 e. The molecule has 0 aromatic heterocycles. The van der Waals surface area contributed by atoms with Crippen LogP contribution in [-0.2, 0) is 16.0 Å². The Morgan fingerprint density at radius 3 is 2.66 bits per heavy atom. The molecule has 6 heteroatoms. The average molecular weight is 429 g/mol. The Balaban J connectivity index is 1.73. The molecular formula is C26H20FNO4. The third-order valence-corrected chi connectivity index (χ3v) is 5.98. The molecule has 1 amide bonds. The largest absolute Gasteiger partial charge is 0.507 e. The van der Waals surface area contributed by atoms with Gasteiger partial charge in [0, 0.05) is 17.7 Å². The Morgan fingerprint density at radius 2 is 1.88 bits per heavy atom. The summed E-state index contributed by atoms with van der Waals surface area (Å²) in [4.78, 5) is 27.6. The summed E-state index contributed by atoms with van der Waals surface area (Å²) in [7, 11) is 0. The van der Waals surface area contributed by atoms with E-state index in [1.807, 2.05) is 25.1 Å². The van der Waals surface area contributed by atoms with Crippen LogP contribution in [0.25, 0.3) is 5.76 Å². The first kappa shape index (κ1) is 20.0. The molecule has 0 radical (unpaired) electrons. The van der Waals surface area contributed by atoms with E-state index in [1.165, 1.54) is 23.1 Å². The van der Waals surface area contributed by atoms with Crippen LogP contribution >= 0.6 is 0 Å². The molecule has 2 aliphatic rings. The molecule has 0 saturated carbocycles. The summed E-state index contributed by atoms with van der Waals surface area (Å²) >= 11 is 0. The van der Waals surface area contributed by atoms with Crippen molar-refractivity contribution in [3.8, 4) is 5.75 Å². The number of benzene rings is 3. The number of hydrogen-bond acceptors (Lipinski definition) is 4. The molecule has 5 nitrogen and oxygen atoms in total. The van der Waals surface area contributed by atoms with Crippen LogP contribution < -0.4 is 9.64 Å². The van der Waals surface area contributed by atoms with Gasteiger partial charge in [0.2, 0.25) is 0 Å². The normalized spacial score (nSPS) is 19.2. The molecule has 3 aromatic rings. The van der Waals surface area contributed by atoms with Crippen molar-refractivity contribution in [2.45, 2.75) is 19.4 Å². The number of aliphatic hydroxyl groups is 1. The van der Waals surface area contributed by atoms with Gasteiger partial charge in [-0.1, -0.05) is 30.3 Å². The summed E-state index contributed by atoms with van der Waals surface area (Å²) in [6.07, 6.45) is 0.704. The second kappa shape index (κ2) is 7.64. The number of rotatable bonds is 3. The van der Waals surface area contributed by atoms with E-state index < -0.39 is 23.5 Å². The number of anilines is 1. The van der Waals surface area contributed by atoms with Gasteiger partial charge in [0.15, 0.2) is 0 Å². The highest BCUT2D eigenvalue weighted by Crippen LogP contribution is 2.43. The molecule has 32 heavy (non-hydrogen) atoms. The summed E-state index contributed by atoms with van der Waals surface area (Å²) in [5.41, 5.74) is 3.12. The van der Waals surface area contributed by atoms with E-state index in [2.05, 4.69) is 0 Å². The van der Waals surface area contributed by atoms with Crippen molar-refractivity contribution >= 4 is 23.1 Å². The highest BCUT2D eigenvalue weighted by molar-refractivity contribution is 6.51. The number of fused-ring (bicyclic) bond motifs is 1. The molecular weight excluding hydrogens is 409 g/mol. The minimum absolute atomic E-state index is 0.0209. The molecule has 1 unspecified atom stereocenters. The van der Waals surface area contributed by atoms with Gasteiger partial charge in [-0.2, -0.15) is 0 Å². The van der Waals surface area contributed by atoms with E-state index in [1.54, 1.807) is 30.3 Å². The van der Waals surface area contributed by atoms with E-state index >= 15 is 0 Å². The number of halogens is 1. The number of carbonyl (C=O) groups is 2. The van der Waals surface area contributed by atoms with E-state index in [0.717, 1.165) is 16.9 Å². The molecule has 160 valence electrons. The highest BCUT2D eigenvalue weighted by atomic mass is 19.1. The van der Waals surface area contributed by atoms with Gasteiger partial charge in [-0.3, -0.25) is 14.5 Å². The predicted molar refractivity (Wildman–Crippen MR) is 118 cm³/mol. The number of ether oxygens (including phenoxy) is 1. The maximum absolute atomic E-state index is 14.0. The summed E-state index contributed by atoms with van der Waals surface area (Å²) in [6.45, 7) is 2.43. The molecule has 2 aliphatic heterocycles. The number of carbonyl (C=O) groups excluding carboxylic acids is 2. The first-order valence-electron chi connectivity index (χ1n) is 10.3. The van der Waals surface area contributed by atoms with Gasteiger partial charge in [-0.05, 0) is 60.0 Å². The molecule has 1 saturated heterocycles. The minimum atomic E-state index is -0.887. The van der Waals surface area contributed by atoms with E-state index in [-0.39, 0.29) is 17.0 Å². The van der Waals surface area contributed by atoms with E-state index in [4.69, 9.17) is 4.74 Å². The number of amides is 1. The monoisotopic (exact) mass is 429 g/mol. The number of Topliss-reactive ketones (excluding diaryl/α,β-unsaturated/α-hetero) is 1. The molecule has 3 aromatic carbocycles. The van der Waals surface area contributed by atoms with Crippen molar-refractivity contribution in [1.29, 1.82) is 0 Å². The second-order valence-electron chi connectivity index (χ2n) is 7.93. The average Bonchev–Trinajstić information content (AvgIpc) is 3.36. The fraction of sp³-hybridized carbons (Fsp3) is 0.154. The van der Waals surface area contributed by atoms with Crippen LogP contribution in [0.2, 0.25) is 0 Å². The van der Waals surface area contributed by atoms with Crippen molar-refractivity contribution in [2.75, 3.05) is 11.5 Å². The molecule has 1 atom stereocenters. The quantitative estimate of drug-likeness (QED) is 0.373. The lowest BCUT2D eigenvalue weighted by Crippen LogP contribution is -2.29. The third-order valence-electron chi connectivity index (χ3n) is 5.98. The van der Waals surface area contributed by atoms with Crippen molar-refractivity contribution < 1.29 is 23.8 Å². The van der Waals surface area contributed by atoms with Gasteiger partial charge in [0.1, 0.15) is 17.3 Å². The number of hydrogen-bond donors (Lipinski definition) is 1. The van der Waals surface area contributed by atoms with Crippen molar-refractivity contribution in [3.05, 3.63) is 100 Å². The number of nitrogens with zero attached hydrogens (tertiary/aromatic N) is 1. The van der Waals surface area contributed by atoms with Crippen LogP contribution in [0, 0.1) is 12.7 Å². The van der Waals surface area contributed by atoms with Crippen LogP contribution in [-0.4, -0.2) is 23.4 Å². The van der Waals surface area contributed by atoms with E-state index in [0.29, 0.717) is 24.2 Å². The third kappa shape index (κ3) is 3.15. The van der Waals surface area contributed by atoms with Gasteiger partial charge in [-0.15, -0.1) is 0 Å². The van der Waals surface area contributed by atoms with Gasteiger partial charge in [-0.25, -0.2) is 4.39 Å². The first-order valence-corrected chi connectivity index (χ1v) is 10.3. The van der Waals surface area contributed by atoms with Gasteiger partial charge in [0.05, 0.1) is 18.2 Å². The van der Waals surface area contributed by atoms with Crippen LogP contribution in [0.3, 0.4) is 0 Å². The predicted octanol–water partition coefficient (Wildman–Crippen LogP) is 4.70. The van der Waals surface area contributed by atoms with Crippen molar-refractivity contribution in [3.63, 3.8) is 0 Å². The number of ketones is 1. The maximum atomic E-state index is 14.0. The lowest BCUT2D eigenvalue weighted by Gasteiger charge is -2.26. The zero-order valence-electron chi connectivity index (χ0n) is 17.3. The summed E-state index contributed by atoms with van der Waals surface area (Å²) in [6, 6.07) is 17.2. The number of aliphatic hydroxyl groups excluding tert-OH is 1. The summed E-state index contributed by atoms with van der Waals surface area (Å²) in [5.74, 6) is -1.65. The Kier molecular flexibility index (Phi) is 4.78. The number of aryl methyl sites for hydroxylation is 1. The standard InChI is InChI=1S/C26H20FNO4/c1-15-5-2-3-8-20(15)23-22(24(29)17-9-10-21-16(13-17)11-12-32-21)25(30)26(31)28(23)19-7-4-6-18(27)14-19/h2-10,13-14,23,29H,11-12H2,1H3/b24-22+. The van der Waals surface area contributed by atoms with Crippen LogP contribution in [0.1, 0.15) is 28.3 Å². The van der Waals surface area contributed by atoms with Gasteiger partial charge < -0.3 is 9.84 Å². The molecule has 2 heterocycles. The Morgan fingerprint density at radius 1 is 1.06 bits per heavy atom. The molecule has 0 bridgehead atoms. The van der Waals surface area contributed by atoms with Gasteiger partial charge >= 0.3 is 0 Å². The topological polar surface area (TPSA) is 66.8 Å². The fourth-order valence-electron chi connectivity index (χ4n) is 4.40. The zero-order chi connectivity index (χ0) is 22.4. The molecule has 1 N–H and O–H groups in total. The lowest BCUT2D eigenvalue weighted by molar-refractivity contribution is -0.132. The SMILES string of the molecule is Cc1ccccc1C1/C(=C(\O)c2ccc3c(c2)CCO3)C(=O)C(=O)N1c1cccc(F)c1. The second-order valence-corrected chi connectivity index (χ2v) is 7.93. The van der Waals surface area contributed by atoms with Crippen LogP contribution in [0.15, 0.2) is 72.3 Å². The Hall–Kier alpha value is -3.93. The summed E-state index contributed by atoms with van der Waals surface area (Å²) < 4.78 is 19.5. The van der Waals surface area contributed by atoms with Crippen molar-refractivity contribution in [1.82, 2.24) is 0 Å². The zero-order valence-corrected chi connectivity index (χ0v) is 17.3. The Labute approximate surface area is 184 Å². The molecule has 0 aliphatic carbocycles. The minimum Gasteiger partial charge on any atom is -0.507 e. The highest BCUT2D eigenvalue weighted by Gasteiger charge is 2.47. The fourth-order valence-corrected chi connectivity index (χ4v) is 4.40. The molecule has 1 fully saturated rings. The summed E-state index contributed by atoms with van der Waals surface area (Å²) in [5, 5.41) is 11.2. The maximum Gasteiger partial charge on any atom is 0.300 e. The van der Waals surface area contributed by atoms with Crippen LogP contribution in [0.4, 0.5) is 10.1 Å². The van der Waals surface area contributed by atoms with E-state index in [9.17, 15) is 19.1 Å². The molecule has 0 spiro atoms. The first-order chi connectivity index (χ1) is 15.5. The molecule has 5 rings (SSSR count). The van der Waals surface area contributed by atoms with Gasteiger partial charge in [0.25, 0.3) is 11.7 Å². The van der Waals surface area contributed by atoms with Crippen LogP contribution in [0.5, 0.6) is 5.75 Å². The lowest BCUT2D eigenvalue weighted by atomic mass is 9.92. The van der Waals surface area contributed by atoms with Crippen molar-refractivity contribution in [2.24, 2.45) is 0 Å². The Bertz CT molecular complexity index is 1300.